The van der Waals surface area contributed by atoms with Crippen molar-refractivity contribution in [1.29, 1.82) is 0 Å². The summed E-state index contributed by atoms with van der Waals surface area (Å²) in [7, 11) is 0. The summed E-state index contributed by atoms with van der Waals surface area (Å²) >= 11 is 0. The first-order chi connectivity index (χ1) is 8.99. The molecule has 19 heavy (non-hydrogen) atoms. The Bertz CT molecular complexity index is 520. The number of nitrogens with zero attached hydrogens (tertiary/aromatic N) is 1. The third-order valence-corrected chi connectivity index (χ3v) is 3.54. The van der Waals surface area contributed by atoms with Crippen LogP contribution in [-0.2, 0) is 0 Å². The lowest BCUT2D eigenvalue weighted by Gasteiger charge is -2.17. The lowest BCUT2D eigenvalue weighted by atomic mass is 10.0. The van der Waals surface area contributed by atoms with Gasteiger partial charge in [0.15, 0.2) is 0 Å². The molecule has 0 spiro atoms. The number of hydrogen-bond donors (Lipinski definition) is 2. The molecule has 1 aliphatic heterocycles. The standard InChI is InChI=1S/C14H18N2O3/c1-9-7-11(8-12(10(9)2)13(17)18)15-14(19)16-5-3-4-6-16/h7-8H,3-6H2,1-2H3,(H,15,19)(H,17,18). The molecule has 1 saturated heterocycles. The molecule has 0 radical (unpaired) electrons. The molecule has 1 aromatic carbocycles. The number of carbonyl (C=O) groups is 2. The van der Waals surface area contributed by atoms with Crippen LogP contribution in [0.15, 0.2) is 12.1 Å². The van der Waals surface area contributed by atoms with E-state index in [4.69, 9.17) is 5.11 Å². The second-order valence-electron chi connectivity index (χ2n) is 4.90. The fraction of sp³-hybridized carbons (Fsp3) is 0.429. The van der Waals surface area contributed by atoms with Gasteiger partial charge in [-0.2, -0.15) is 0 Å². The second-order valence-corrected chi connectivity index (χ2v) is 4.90. The van der Waals surface area contributed by atoms with Gasteiger partial charge in [-0.15, -0.1) is 0 Å². The number of aryl methyl sites for hydroxylation is 1. The Labute approximate surface area is 112 Å². The molecule has 1 aromatic rings. The molecule has 2 amide bonds. The minimum absolute atomic E-state index is 0.155. The summed E-state index contributed by atoms with van der Waals surface area (Å²) < 4.78 is 0. The molecular formula is C14H18N2O3. The number of benzene rings is 1. The van der Waals surface area contributed by atoms with Crippen molar-refractivity contribution in [3.8, 4) is 0 Å². The van der Waals surface area contributed by atoms with E-state index in [9.17, 15) is 9.59 Å². The lowest BCUT2D eigenvalue weighted by Crippen LogP contribution is -2.32. The van der Waals surface area contributed by atoms with Gasteiger partial charge in [0, 0.05) is 18.8 Å². The molecule has 1 fully saturated rings. The van der Waals surface area contributed by atoms with E-state index in [1.54, 1.807) is 17.9 Å². The molecule has 1 heterocycles. The van der Waals surface area contributed by atoms with E-state index in [1.165, 1.54) is 6.07 Å². The van der Waals surface area contributed by atoms with Gasteiger partial charge in [-0.1, -0.05) is 0 Å². The van der Waals surface area contributed by atoms with Crippen LogP contribution in [0.4, 0.5) is 10.5 Å². The predicted molar refractivity (Wildman–Crippen MR) is 72.7 cm³/mol. The summed E-state index contributed by atoms with van der Waals surface area (Å²) in [4.78, 5) is 24.9. The van der Waals surface area contributed by atoms with Crippen LogP contribution in [0.1, 0.15) is 34.3 Å². The van der Waals surface area contributed by atoms with Crippen LogP contribution in [0.2, 0.25) is 0 Å². The average molecular weight is 262 g/mol. The van der Waals surface area contributed by atoms with Gasteiger partial charge >= 0.3 is 12.0 Å². The fourth-order valence-corrected chi connectivity index (χ4v) is 2.28. The highest BCUT2D eigenvalue weighted by atomic mass is 16.4. The number of nitrogens with one attached hydrogen (secondary N) is 1. The van der Waals surface area contributed by atoms with Crippen molar-refractivity contribution in [1.82, 2.24) is 4.90 Å². The highest BCUT2D eigenvalue weighted by Gasteiger charge is 2.19. The third kappa shape index (κ3) is 2.86. The highest BCUT2D eigenvalue weighted by molar-refractivity contribution is 5.94. The molecule has 5 heteroatoms. The van der Waals surface area contributed by atoms with E-state index in [1.807, 2.05) is 6.92 Å². The van der Waals surface area contributed by atoms with Crippen LogP contribution in [0.25, 0.3) is 0 Å². The zero-order valence-corrected chi connectivity index (χ0v) is 11.2. The number of likely N-dealkylation sites (tertiary alicyclic amines) is 1. The summed E-state index contributed by atoms with van der Waals surface area (Å²) in [5, 5.41) is 11.9. The number of hydrogen-bond acceptors (Lipinski definition) is 2. The predicted octanol–water partition coefficient (Wildman–Crippen LogP) is 2.63. The maximum atomic E-state index is 12.0. The summed E-state index contributed by atoms with van der Waals surface area (Å²) in [6.07, 6.45) is 2.06. The van der Waals surface area contributed by atoms with Gasteiger partial charge in [0.2, 0.25) is 0 Å². The minimum Gasteiger partial charge on any atom is -0.478 e. The molecule has 0 aliphatic carbocycles. The molecule has 2 N–H and O–H groups in total. The van der Waals surface area contributed by atoms with Crippen LogP contribution in [0.3, 0.4) is 0 Å². The molecular weight excluding hydrogens is 244 g/mol. The number of carboxylic acid groups (broad SMARTS) is 1. The smallest absolute Gasteiger partial charge is 0.336 e. The third-order valence-electron chi connectivity index (χ3n) is 3.54. The molecule has 0 saturated carbocycles. The average Bonchev–Trinajstić information content (AvgIpc) is 2.86. The minimum atomic E-state index is -0.974. The largest absolute Gasteiger partial charge is 0.478 e. The molecule has 0 atom stereocenters. The summed E-state index contributed by atoms with van der Waals surface area (Å²) in [5.74, 6) is -0.974. The van der Waals surface area contributed by atoms with Crippen molar-refractivity contribution < 1.29 is 14.7 Å². The van der Waals surface area contributed by atoms with E-state index in [2.05, 4.69) is 5.32 Å². The van der Waals surface area contributed by atoms with E-state index < -0.39 is 5.97 Å². The zero-order valence-electron chi connectivity index (χ0n) is 11.2. The molecule has 5 nitrogen and oxygen atoms in total. The molecule has 1 aliphatic rings. The van der Waals surface area contributed by atoms with Crippen molar-refractivity contribution in [3.05, 3.63) is 28.8 Å². The zero-order chi connectivity index (χ0) is 14.0. The van der Waals surface area contributed by atoms with Crippen LogP contribution in [0.5, 0.6) is 0 Å². The summed E-state index contributed by atoms with van der Waals surface area (Å²) in [6, 6.07) is 3.16. The van der Waals surface area contributed by atoms with E-state index >= 15 is 0 Å². The lowest BCUT2D eigenvalue weighted by molar-refractivity contribution is 0.0696. The van der Waals surface area contributed by atoms with Gasteiger partial charge in [0.1, 0.15) is 0 Å². The van der Waals surface area contributed by atoms with Gasteiger partial charge in [-0.25, -0.2) is 9.59 Å². The van der Waals surface area contributed by atoms with Crippen molar-refractivity contribution in [2.45, 2.75) is 26.7 Å². The first kappa shape index (κ1) is 13.4. The number of rotatable bonds is 2. The summed E-state index contributed by atoms with van der Waals surface area (Å²) in [5.41, 5.74) is 2.36. The van der Waals surface area contributed by atoms with E-state index in [0.29, 0.717) is 5.69 Å². The van der Waals surface area contributed by atoms with Crippen LogP contribution < -0.4 is 5.32 Å². The van der Waals surface area contributed by atoms with Crippen LogP contribution in [-0.4, -0.2) is 35.1 Å². The Morgan fingerprint density at radius 2 is 1.84 bits per heavy atom. The normalized spacial score (nSPS) is 14.5. The van der Waals surface area contributed by atoms with Crippen molar-refractivity contribution in [2.75, 3.05) is 18.4 Å². The SMILES string of the molecule is Cc1cc(NC(=O)N2CCCC2)cc(C(=O)O)c1C. The number of amides is 2. The van der Waals surface area contributed by atoms with E-state index in [0.717, 1.165) is 37.1 Å². The maximum Gasteiger partial charge on any atom is 0.336 e. The van der Waals surface area contributed by atoms with Crippen molar-refractivity contribution >= 4 is 17.7 Å². The van der Waals surface area contributed by atoms with Gasteiger partial charge in [-0.3, -0.25) is 0 Å². The Kier molecular flexibility index (Phi) is 3.74. The van der Waals surface area contributed by atoms with Gasteiger partial charge in [-0.05, 0) is 49.9 Å². The number of urea groups is 1. The van der Waals surface area contributed by atoms with E-state index in [-0.39, 0.29) is 11.6 Å². The monoisotopic (exact) mass is 262 g/mol. The molecule has 102 valence electrons. The Hall–Kier alpha value is -2.04. The van der Waals surface area contributed by atoms with Crippen molar-refractivity contribution in [3.63, 3.8) is 0 Å². The van der Waals surface area contributed by atoms with Crippen LogP contribution >= 0.6 is 0 Å². The topological polar surface area (TPSA) is 69.6 Å². The number of carbonyl (C=O) groups excluding carboxylic acids is 1. The Balaban J connectivity index is 2.20. The van der Waals surface area contributed by atoms with Gasteiger partial charge in [0.05, 0.1) is 5.56 Å². The summed E-state index contributed by atoms with van der Waals surface area (Å²) in [6.45, 7) is 5.14. The maximum absolute atomic E-state index is 12.0. The Morgan fingerprint density at radius 3 is 2.42 bits per heavy atom. The molecule has 2 rings (SSSR count). The Morgan fingerprint density at radius 1 is 1.21 bits per heavy atom. The molecule has 0 unspecified atom stereocenters. The molecule has 0 bridgehead atoms. The highest BCUT2D eigenvalue weighted by Crippen LogP contribution is 2.21. The number of anilines is 1. The number of aromatic carboxylic acids is 1. The first-order valence-electron chi connectivity index (χ1n) is 6.39. The number of carboxylic acids is 1. The fourth-order valence-electron chi connectivity index (χ4n) is 2.28. The molecule has 0 aromatic heterocycles. The second kappa shape index (κ2) is 5.30. The van der Waals surface area contributed by atoms with Crippen molar-refractivity contribution in [2.24, 2.45) is 0 Å². The van der Waals surface area contributed by atoms with Gasteiger partial charge in [0.25, 0.3) is 0 Å². The first-order valence-corrected chi connectivity index (χ1v) is 6.39. The van der Waals surface area contributed by atoms with Crippen LogP contribution in [0, 0.1) is 13.8 Å². The van der Waals surface area contributed by atoms with Gasteiger partial charge < -0.3 is 15.3 Å². The quantitative estimate of drug-likeness (QED) is 0.860.